The summed E-state index contributed by atoms with van der Waals surface area (Å²) in [5.41, 5.74) is 2.23. The summed E-state index contributed by atoms with van der Waals surface area (Å²) in [5.74, 6) is 0.0910. The first-order valence-corrected chi connectivity index (χ1v) is 10.6. The van der Waals surface area contributed by atoms with Gasteiger partial charge in [-0.3, -0.25) is 14.3 Å². The van der Waals surface area contributed by atoms with E-state index in [1.807, 2.05) is 6.92 Å². The lowest BCUT2D eigenvalue weighted by atomic mass is 10.1. The zero-order valence-corrected chi connectivity index (χ0v) is 17.3. The Hall–Kier alpha value is -3.07. The molecular formula is C20H23N3O5S. The average Bonchev–Trinajstić information content (AvgIpc) is 3.06. The molecular weight excluding hydrogens is 394 g/mol. The number of amides is 2. The number of anilines is 3. The van der Waals surface area contributed by atoms with E-state index in [2.05, 4.69) is 10.0 Å². The first-order chi connectivity index (χ1) is 13.7. The van der Waals surface area contributed by atoms with Gasteiger partial charge in [-0.2, -0.15) is 0 Å². The fourth-order valence-electron chi connectivity index (χ4n) is 3.28. The Morgan fingerprint density at radius 3 is 2.52 bits per heavy atom. The molecule has 2 amide bonds. The van der Waals surface area contributed by atoms with Gasteiger partial charge in [0.2, 0.25) is 11.8 Å². The van der Waals surface area contributed by atoms with E-state index in [1.165, 1.54) is 32.2 Å². The minimum Gasteiger partial charge on any atom is -0.495 e. The highest BCUT2D eigenvalue weighted by atomic mass is 32.2. The van der Waals surface area contributed by atoms with Gasteiger partial charge in [-0.15, -0.1) is 0 Å². The maximum Gasteiger partial charge on any atom is 0.261 e. The standard InChI is InChI=1S/C20H23N3O5S/c1-13-11-15(6-8-18(13)23-10-4-5-20(23)25)22-29(26,27)16-7-9-19(28-3)17(12-16)21-14(2)24/h6-9,11-12,22H,4-5,10H2,1-3H3,(H,21,24). The van der Waals surface area contributed by atoms with Crippen LogP contribution in [0.4, 0.5) is 17.1 Å². The van der Waals surface area contributed by atoms with Crippen LogP contribution in [0.15, 0.2) is 41.3 Å². The Labute approximate surface area is 169 Å². The number of hydrogen-bond acceptors (Lipinski definition) is 5. The van der Waals surface area contributed by atoms with Crippen LogP contribution in [0, 0.1) is 6.92 Å². The van der Waals surface area contributed by atoms with Crippen molar-refractivity contribution in [2.75, 3.05) is 28.6 Å². The van der Waals surface area contributed by atoms with E-state index >= 15 is 0 Å². The zero-order valence-electron chi connectivity index (χ0n) is 16.5. The number of carbonyl (C=O) groups excluding carboxylic acids is 2. The van der Waals surface area contributed by atoms with Crippen LogP contribution in [0.3, 0.4) is 0 Å². The number of methoxy groups -OCH3 is 1. The second-order valence-electron chi connectivity index (χ2n) is 6.80. The molecule has 1 saturated heterocycles. The molecule has 3 rings (SSSR count). The SMILES string of the molecule is COc1ccc(S(=O)(=O)Nc2ccc(N3CCCC3=O)c(C)c2)cc1NC(C)=O. The summed E-state index contributed by atoms with van der Waals surface area (Å²) in [7, 11) is -2.46. The third-order valence-electron chi connectivity index (χ3n) is 4.61. The average molecular weight is 417 g/mol. The van der Waals surface area contributed by atoms with E-state index in [1.54, 1.807) is 23.1 Å². The summed E-state index contributed by atoms with van der Waals surface area (Å²) in [5, 5.41) is 2.56. The summed E-state index contributed by atoms with van der Waals surface area (Å²) in [6.45, 7) is 3.83. The number of aryl methyl sites for hydroxylation is 1. The van der Waals surface area contributed by atoms with Crippen LogP contribution in [0.1, 0.15) is 25.3 Å². The Bertz CT molecular complexity index is 1070. The van der Waals surface area contributed by atoms with Gasteiger partial charge >= 0.3 is 0 Å². The minimum atomic E-state index is -3.89. The number of nitrogens with one attached hydrogen (secondary N) is 2. The summed E-state index contributed by atoms with van der Waals surface area (Å²) in [4.78, 5) is 25.0. The smallest absolute Gasteiger partial charge is 0.261 e. The van der Waals surface area contributed by atoms with Crippen LogP contribution in [-0.2, 0) is 19.6 Å². The number of sulfonamides is 1. The van der Waals surface area contributed by atoms with Crippen molar-refractivity contribution in [3.63, 3.8) is 0 Å². The van der Waals surface area contributed by atoms with Crippen LogP contribution in [0.2, 0.25) is 0 Å². The number of benzene rings is 2. The lowest BCUT2D eigenvalue weighted by Crippen LogP contribution is -2.24. The van der Waals surface area contributed by atoms with Crippen molar-refractivity contribution in [1.82, 2.24) is 0 Å². The third kappa shape index (κ3) is 4.51. The predicted octanol–water partition coefficient (Wildman–Crippen LogP) is 2.89. The number of ether oxygens (including phenoxy) is 1. The van der Waals surface area contributed by atoms with Gasteiger partial charge in [-0.05, 0) is 55.3 Å². The van der Waals surface area contributed by atoms with Gasteiger partial charge in [0, 0.05) is 31.3 Å². The van der Waals surface area contributed by atoms with E-state index in [4.69, 9.17) is 4.74 Å². The number of carbonyl (C=O) groups is 2. The second kappa shape index (κ2) is 8.12. The van der Waals surface area contributed by atoms with Gasteiger partial charge in [0.05, 0.1) is 17.7 Å². The Morgan fingerprint density at radius 2 is 1.93 bits per heavy atom. The van der Waals surface area contributed by atoms with Crippen molar-refractivity contribution in [3.8, 4) is 5.75 Å². The molecule has 8 nitrogen and oxygen atoms in total. The van der Waals surface area contributed by atoms with E-state index in [9.17, 15) is 18.0 Å². The normalized spacial score (nSPS) is 14.0. The molecule has 0 bridgehead atoms. The molecule has 2 N–H and O–H groups in total. The van der Waals surface area contributed by atoms with Crippen LogP contribution < -0.4 is 19.7 Å². The summed E-state index contributed by atoms with van der Waals surface area (Å²) in [6.07, 6.45) is 1.35. The highest BCUT2D eigenvalue weighted by molar-refractivity contribution is 7.92. The second-order valence-corrected chi connectivity index (χ2v) is 8.48. The lowest BCUT2D eigenvalue weighted by Gasteiger charge is -2.19. The minimum absolute atomic E-state index is 0.0153. The van der Waals surface area contributed by atoms with E-state index < -0.39 is 10.0 Å². The molecule has 9 heteroatoms. The zero-order chi connectivity index (χ0) is 21.2. The molecule has 0 aromatic heterocycles. The monoisotopic (exact) mass is 417 g/mol. The van der Waals surface area contributed by atoms with Crippen molar-refractivity contribution in [1.29, 1.82) is 0 Å². The molecule has 29 heavy (non-hydrogen) atoms. The maximum absolute atomic E-state index is 12.8. The van der Waals surface area contributed by atoms with Gasteiger partial charge in [0.25, 0.3) is 10.0 Å². The molecule has 1 aliphatic heterocycles. The number of rotatable bonds is 6. The molecule has 154 valence electrons. The van der Waals surface area contributed by atoms with Crippen LogP contribution in [0.25, 0.3) is 0 Å². The molecule has 0 unspecified atom stereocenters. The van der Waals surface area contributed by atoms with Gasteiger partial charge in [0.15, 0.2) is 0 Å². The van der Waals surface area contributed by atoms with Gasteiger partial charge in [-0.1, -0.05) is 0 Å². The van der Waals surface area contributed by atoms with Crippen molar-refractivity contribution in [3.05, 3.63) is 42.0 Å². The van der Waals surface area contributed by atoms with Crippen molar-refractivity contribution in [2.45, 2.75) is 31.6 Å². The van der Waals surface area contributed by atoms with E-state index in [-0.39, 0.29) is 22.4 Å². The molecule has 1 heterocycles. The van der Waals surface area contributed by atoms with Crippen molar-refractivity contribution >= 4 is 38.9 Å². The predicted molar refractivity (Wildman–Crippen MR) is 111 cm³/mol. The Kier molecular flexibility index (Phi) is 5.78. The van der Waals surface area contributed by atoms with Gasteiger partial charge in [0.1, 0.15) is 5.75 Å². The first kappa shape index (κ1) is 20.7. The van der Waals surface area contributed by atoms with Gasteiger partial charge < -0.3 is 15.0 Å². The summed E-state index contributed by atoms with van der Waals surface area (Å²) in [6, 6.07) is 9.28. The fourth-order valence-corrected chi connectivity index (χ4v) is 4.36. The fraction of sp³-hybridized carbons (Fsp3) is 0.300. The Morgan fingerprint density at radius 1 is 1.17 bits per heavy atom. The largest absolute Gasteiger partial charge is 0.495 e. The molecule has 1 aliphatic rings. The van der Waals surface area contributed by atoms with E-state index in [0.29, 0.717) is 24.4 Å². The molecule has 0 saturated carbocycles. The Balaban J connectivity index is 1.86. The van der Waals surface area contributed by atoms with Gasteiger partial charge in [-0.25, -0.2) is 8.42 Å². The topological polar surface area (TPSA) is 105 Å². The third-order valence-corrected chi connectivity index (χ3v) is 5.98. The maximum atomic E-state index is 12.8. The molecule has 0 atom stereocenters. The quantitative estimate of drug-likeness (QED) is 0.752. The number of nitrogens with zero attached hydrogens (tertiary/aromatic N) is 1. The van der Waals surface area contributed by atoms with Crippen molar-refractivity contribution < 1.29 is 22.7 Å². The highest BCUT2D eigenvalue weighted by Gasteiger charge is 2.23. The number of hydrogen-bond donors (Lipinski definition) is 2. The lowest BCUT2D eigenvalue weighted by molar-refractivity contribution is -0.117. The highest BCUT2D eigenvalue weighted by Crippen LogP contribution is 2.30. The van der Waals surface area contributed by atoms with Crippen molar-refractivity contribution in [2.24, 2.45) is 0 Å². The summed E-state index contributed by atoms with van der Waals surface area (Å²) >= 11 is 0. The summed E-state index contributed by atoms with van der Waals surface area (Å²) < 4.78 is 33.3. The molecule has 0 radical (unpaired) electrons. The van der Waals surface area contributed by atoms with Crippen LogP contribution in [-0.4, -0.2) is 33.9 Å². The van der Waals surface area contributed by atoms with E-state index in [0.717, 1.165) is 17.7 Å². The van der Waals surface area contributed by atoms with Crippen LogP contribution in [0.5, 0.6) is 5.75 Å². The molecule has 2 aromatic carbocycles. The van der Waals surface area contributed by atoms with Crippen LogP contribution >= 0.6 is 0 Å². The molecule has 2 aromatic rings. The molecule has 0 aliphatic carbocycles. The molecule has 1 fully saturated rings. The molecule has 0 spiro atoms. The first-order valence-electron chi connectivity index (χ1n) is 9.11.